The van der Waals surface area contributed by atoms with Gasteiger partial charge in [-0.3, -0.25) is 4.79 Å². The zero-order valence-corrected chi connectivity index (χ0v) is 8.31. The van der Waals surface area contributed by atoms with Crippen molar-refractivity contribution < 1.29 is 4.79 Å². The minimum atomic E-state index is 0.0779. The lowest BCUT2D eigenvalue weighted by Gasteiger charge is -1.93. The highest BCUT2D eigenvalue weighted by Crippen LogP contribution is 1.94. The second-order valence-electron chi connectivity index (χ2n) is 2.36. The van der Waals surface area contributed by atoms with Gasteiger partial charge in [-0.1, -0.05) is 11.8 Å². The van der Waals surface area contributed by atoms with Crippen molar-refractivity contribution >= 4 is 28.4 Å². The second kappa shape index (κ2) is 5.77. The summed E-state index contributed by atoms with van der Waals surface area (Å²) in [5.74, 6) is 0.0779. The molecule has 0 amide bonds. The molecule has 0 aromatic rings. The number of nitrogens with zero attached hydrogens (tertiary/aromatic N) is 2. The van der Waals surface area contributed by atoms with E-state index in [0.717, 1.165) is 0 Å². The zero-order chi connectivity index (χ0) is 9.56. The van der Waals surface area contributed by atoms with Gasteiger partial charge in [0.15, 0.2) is 5.17 Å². The number of carbonyl (C=O) groups is 1. The minimum absolute atomic E-state index is 0.0779. The van der Waals surface area contributed by atoms with Gasteiger partial charge in [-0.05, 0) is 20.1 Å². The van der Waals surface area contributed by atoms with Crippen LogP contribution in [0.25, 0.3) is 0 Å². The van der Waals surface area contributed by atoms with Crippen molar-refractivity contribution in [2.45, 2.75) is 20.3 Å². The van der Waals surface area contributed by atoms with Crippen LogP contribution >= 0.6 is 11.8 Å². The van der Waals surface area contributed by atoms with Gasteiger partial charge in [-0.25, -0.2) is 0 Å². The predicted molar refractivity (Wildman–Crippen MR) is 53.5 cm³/mol. The Balaban J connectivity index is 4.08. The van der Waals surface area contributed by atoms with E-state index in [2.05, 4.69) is 10.2 Å². The summed E-state index contributed by atoms with van der Waals surface area (Å²) in [6.45, 7) is 3.26. The summed E-state index contributed by atoms with van der Waals surface area (Å²) < 4.78 is 0. The van der Waals surface area contributed by atoms with Crippen LogP contribution in [0.1, 0.15) is 20.3 Å². The normalized spacial score (nSPS) is 13.2. The molecule has 0 aliphatic carbocycles. The van der Waals surface area contributed by atoms with E-state index < -0.39 is 0 Å². The standard InChI is InChI=1S/C7H13N3OS/c1-5(4-6(2)11)9-10-7(8)12-3/h4H2,1-3H3,(H2,8,10). The van der Waals surface area contributed by atoms with E-state index in [0.29, 0.717) is 17.3 Å². The summed E-state index contributed by atoms with van der Waals surface area (Å²) in [4.78, 5) is 10.6. The Hall–Kier alpha value is -0.840. The number of thioether (sulfide) groups is 1. The molecule has 5 heteroatoms. The van der Waals surface area contributed by atoms with E-state index >= 15 is 0 Å². The van der Waals surface area contributed by atoms with Crippen molar-refractivity contribution in [1.29, 1.82) is 0 Å². The van der Waals surface area contributed by atoms with E-state index in [1.165, 1.54) is 18.7 Å². The molecule has 2 N–H and O–H groups in total. The molecule has 0 aromatic carbocycles. The lowest BCUT2D eigenvalue weighted by atomic mass is 10.2. The summed E-state index contributed by atoms with van der Waals surface area (Å²) in [7, 11) is 0. The monoisotopic (exact) mass is 187 g/mol. The maximum absolute atomic E-state index is 10.6. The Morgan fingerprint density at radius 2 is 2.00 bits per heavy atom. The van der Waals surface area contributed by atoms with Crippen molar-refractivity contribution in [3.63, 3.8) is 0 Å². The van der Waals surface area contributed by atoms with Crippen LogP contribution in [0.5, 0.6) is 0 Å². The quantitative estimate of drug-likeness (QED) is 0.407. The SMILES string of the molecule is CS/C(N)=N/N=C(C)CC(C)=O. The van der Waals surface area contributed by atoms with E-state index in [1.807, 2.05) is 6.26 Å². The highest BCUT2D eigenvalue weighted by atomic mass is 32.2. The number of Topliss-reactive ketones (excluding diaryl/α,β-unsaturated/α-hetero) is 1. The average molecular weight is 187 g/mol. The molecule has 0 unspecified atom stereocenters. The first kappa shape index (κ1) is 11.2. The Morgan fingerprint density at radius 3 is 2.42 bits per heavy atom. The molecule has 0 saturated heterocycles. The molecule has 0 rings (SSSR count). The van der Waals surface area contributed by atoms with Crippen LogP contribution < -0.4 is 5.73 Å². The van der Waals surface area contributed by atoms with Crippen LogP contribution in [0.4, 0.5) is 0 Å². The molecule has 68 valence electrons. The van der Waals surface area contributed by atoms with Gasteiger partial charge in [0.05, 0.1) is 0 Å². The smallest absolute Gasteiger partial charge is 0.180 e. The third kappa shape index (κ3) is 5.91. The van der Waals surface area contributed by atoms with Crippen molar-refractivity contribution in [1.82, 2.24) is 0 Å². The van der Waals surface area contributed by atoms with E-state index in [4.69, 9.17) is 5.73 Å². The molecule has 0 aliphatic heterocycles. The Labute approximate surface area is 76.3 Å². The molecule has 0 atom stereocenters. The van der Waals surface area contributed by atoms with E-state index in [9.17, 15) is 4.79 Å². The fraction of sp³-hybridized carbons (Fsp3) is 0.571. The molecule has 4 nitrogen and oxygen atoms in total. The largest absolute Gasteiger partial charge is 0.377 e. The molecule has 12 heavy (non-hydrogen) atoms. The molecule has 0 fully saturated rings. The lowest BCUT2D eigenvalue weighted by Crippen LogP contribution is -2.05. The first-order valence-corrected chi connectivity index (χ1v) is 4.68. The number of rotatable bonds is 3. The topological polar surface area (TPSA) is 67.8 Å². The van der Waals surface area contributed by atoms with Crippen LogP contribution in [0, 0.1) is 0 Å². The lowest BCUT2D eigenvalue weighted by molar-refractivity contribution is -0.115. The van der Waals surface area contributed by atoms with Gasteiger partial charge >= 0.3 is 0 Å². The van der Waals surface area contributed by atoms with Gasteiger partial charge in [0.2, 0.25) is 0 Å². The van der Waals surface area contributed by atoms with Gasteiger partial charge in [0.1, 0.15) is 5.78 Å². The summed E-state index contributed by atoms with van der Waals surface area (Å²) in [6, 6.07) is 0. The van der Waals surface area contributed by atoms with Crippen LogP contribution in [0.2, 0.25) is 0 Å². The molecular formula is C7H13N3OS. The first-order valence-electron chi connectivity index (χ1n) is 3.46. The predicted octanol–water partition coefficient (Wildman–Crippen LogP) is 1.02. The van der Waals surface area contributed by atoms with Crippen molar-refractivity contribution in [2.24, 2.45) is 15.9 Å². The van der Waals surface area contributed by atoms with Gasteiger partial charge in [0.25, 0.3) is 0 Å². The maximum Gasteiger partial charge on any atom is 0.180 e. The van der Waals surface area contributed by atoms with Crippen LogP contribution in [-0.4, -0.2) is 22.9 Å². The zero-order valence-electron chi connectivity index (χ0n) is 7.50. The van der Waals surface area contributed by atoms with E-state index in [-0.39, 0.29) is 5.78 Å². The van der Waals surface area contributed by atoms with E-state index in [1.54, 1.807) is 6.92 Å². The average Bonchev–Trinajstić information content (AvgIpc) is 1.99. The van der Waals surface area contributed by atoms with Crippen molar-refractivity contribution in [3.05, 3.63) is 0 Å². The fourth-order valence-electron chi connectivity index (χ4n) is 0.571. The number of hydrogen-bond donors (Lipinski definition) is 1. The number of amidine groups is 1. The number of ketones is 1. The number of hydrogen-bond acceptors (Lipinski definition) is 4. The Bertz CT molecular complexity index is 223. The highest BCUT2D eigenvalue weighted by molar-refractivity contribution is 8.13. The molecule has 0 spiro atoms. The molecule has 0 saturated carbocycles. The third-order valence-corrected chi connectivity index (χ3v) is 1.53. The first-order chi connectivity index (χ1) is 5.56. The van der Waals surface area contributed by atoms with Gasteiger partial charge in [-0.15, -0.1) is 5.10 Å². The summed E-state index contributed by atoms with van der Waals surface area (Å²) >= 11 is 1.32. The van der Waals surface area contributed by atoms with Crippen LogP contribution in [0.3, 0.4) is 0 Å². The highest BCUT2D eigenvalue weighted by Gasteiger charge is 1.95. The second-order valence-corrected chi connectivity index (χ2v) is 3.18. The van der Waals surface area contributed by atoms with Gasteiger partial charge in [0, 0.05) is 12.1 Å². The summed E-state index contributed by atoms with van der Waals surface area (Å²) in [5.41, 5.74) is 6.05. The molecule has 0 radical (unpaired) electrons. The summed E-state index contributed by atoms with van der Waals surface area (Å²) in [6.07, 6.45) is 2.15. The van der Waals surface area contributed by atoms with Gasteiger partial charge in [-0.2, -0.15) is 5.10 Å². The Morgan fingerprint density at radius 1 is 1.42 bits per heavy atom. The molecular weight excluding hydrogens is 174 g/mol. The molecule has 0 heterocycles. The third-order valence-electron chi connectivity index (χ3n) is 1.03. The summed E-state index contributed by atoms with van der Waals surface area (Å²) in [5, 5.41) is 7.86. The molecule has 0 aliphatic rings. The van der Waals surface area contributed by atoms with Crippen molar-refractivity contribution in [2.75, 3.05) is 6.26 Å². The molecule has 0 aromatic heterocycles. The number of carbonyl (C=O) groups excluding carboxylic acids is 1. The van der Waals surface area contributed by atoms with Crippen LogP contribution in [-0.2, 0) is 4.79 Å². The maximum atomic E-state index is 10.6. The molecule has 0 bridgehead atoms. The Kier molecular flexibility index (Phi) is 5.36. The van der Waals surface area contributed by atoms with Crippen molar-refractivity contribution in [3.8, 4) is 0 Å². The van der Waals surface area contributed by atoms with Gasteiger partial charge < -0.3 is 5.73 Å². The fourth-order valence-corrected chi connectivity index (χ4v) is 0.694. The minimum Gasteiger partial charge on any atom is -0.377 e. The number of nitrogens with two attached hydrogens (primary N) is 1. The van der Waals surface area contributed by atoms with Crippen LogP contribution in [0.15, 0.2) is 10.2 Å².